The van der Waals surface area contributed by atoms with Gasteiger partial charge in [0, 0.05) is 35.9 Å². The third-order valence-corrected chi connectivity index (χ3v) is 4.08. The first kappa shape index (κ1) is 18.8. The summed E-state index contributed by atoms with van der Waals surface area (Å²) in [7, 11) is 1.77. The molecule has 2 aromatic rings. The Morgan fingerprint density at radius 1 is 1.28 bits per heavy atom. The minimum atomic E-state index is -0.911. The van der Waals surface area contributed by atoms with Gasteiger partial charge in [0.15, 0.2) is 0 Å². The van der Waals surface area contributed by atoms with Crippen molar-refractivity contribution in [3.63, 3.8) is 0 Å². The van der Waals surface area contributed by atoms with E-state index < -0.39 is 12.0 Å². The summed E-state index contributed by atoms with van der Waals surface area (Å²) in [6.07, 6.45) is 0.325. The summed E-state index contributed by atoms with van der Waals surface area (Å²) < 4.78 is 1.73. The number of carboxylic acid groups (broad SMARTS) is 1. The number of carbonyl (C=O) groups excluding carboxylic acids is 2. The standard InChI is InChI=1S/C17H20ClN3O4/c1-10(16(24)19-7-3-4-15(22)23)20-17(25)14-9-11-8-12(18)5-6-13(11)21(14)2/h5-6,8-10H,3-4,7H2,1-2H3,(H,19,24)(H,20,25)(H,22,23)/t10-/m0/s1. The summed E-state index contributed by atoms with van der Waals surface area (Å²) >= 11 is 5.97. The quantitative estimate of drug-likeness (QED) is 0.652. The Morgan fingerprint density at radius 2 is 2.00 bits per heavy atom. The smallest absolute Gasteiger partial charge is 0.303 e. The minimum Gasteiger partial charge on any atom is -0.481 e. The van der Waals surface area contributed by atoms with E-state index in [1.165, 1.54) is 0 Å². The molecule has 25 heavy (non-hydrogen) atoms. The monoisotopic (exact) mass is 365 g/mol. The van der Waals surface area contributed by atoms with Crippen LogP contribution in [0.15, 0.2) is 24.3 Å². The van der Waals surface area contributed by atoms with Gasteiger partial charge in [-0.15, -0.1) is 0 Å². The number of aliphatic carboxylic acids is 1. The van der Waals surface area contributed by atoms with Gasteiger partial charge in [0.1, 0.15) is 11.7 Å². The molecule has 0 saturated carbocycles. The van der Waals surface area contributed by atoms with Crippen LogP contribution in [0.1, 0.15) is 30.3 Å². The molecule has 0 spiro atoms. The number of amides is 2. The van der Waals surface area contributed by atoms with Crippen LogP contribution >= 0.6 is 11.6 Å². The van der Waals surface area contributed by atoms with Gasteiger partial charge < -0.3 is 20.3 Å². The predicted molar refractivity (Wildman–Crippen MR) is 94.7 cm³/mol. The molecule has 2 rings (SSSR count). The van der Waals surface area contributed by atoms with E-state index in [0.29, 0.717) is 17.1 Å². The third-order valence-electron chi connectivity index (χ3n) is 3.84. The molecule has 0 aliphatic rings. The van der Waals surface area contributed by atoms with Gasteiger partial charge in [-0.2, -0.15) is 0 Å². The first-order chi connectivity index (χ1) is 11.8. The molecular weight excluding hydrogens is 346 g/mol. The van der Waals surface area contributed by atoms with Crippen molar-refractivity contribution in [1.82, 2.24) is 15.2 Å². The Morgan fingerprint density at radius 3 is 2.68 bits per heavy atom. The maximum Gasteiger partial charge on any atom is 0.303 e. The number of fused-ring (bicyclic) bond motifs is 1. The van der Waals surface area contributed by atoms with Crippen LogP contribution in [0.3, 0.4) is 0 Å². The maximum atomic E-state index is 12.4. The topological polar surface area (TPSA) is 100 Å². The summed E-state index contributed by atoms with van der Waals surface area (Å²) in [6, 6.07) is 6.32. The highest BCUT2D eigenvalue weighted by atomic mass is 35.5. The second-order valence-electron chi connectivity index (χ2n) is 5.78. The molecule has 3 N–H and O–H groups in total. The van der Waals surface area contributed by atoms with E-state index in [1.807, 2.05) is 6.07 Å². The number of nitrogens with one attached hydrogen (secondary N) is 2. The second kappa shape index (κ2) is 8.02. The minimum absolute atomic E-state index is 0.0144. The Balaban J connectivity index is 1.98. The molecule has 0 saturated heterocycles. The molecule has 0 aliphatic heterocycles. The average Bonchev–Trinajstić information content (AvgIpc) is 2.87. The summed E-state index contributed by atoms with van der Waals surface area (Å²) in [5.74, 6) is -1.64. The number of benzene rings is 1. The fourth-order valence-electron chi connectivity index (χ4n) is 2.48. The van der Waals surface area contributed by atoms with E-state index in [-0.39, 0.29) is 24.8 Å². The molecule has 0 fully saturated rings. The lowest BCUT2D eigenvalue weighted by Gasteiger charge is -2.14. The normalized spacial score (nSPS) is 12.0. The van der Waals surface area contributed by atoms with E-state index >= 15 is 0 Å². The van der Waals surface area contributed by atoms with Gasteiger partial charge in [0.05, 0.1) is 0 Å². The highest BCUT2D eigenvalue weighted by Gasteiger charge is 2.19. The highest BCUT2D eigenvalue weighted by molar-refractivity contribution is 6.31. The molecule has 1 heterocycles. The summed E-state index contributed by atoms with van der Waals surface area (Å²) in [4.78, 5) is 34.8. The molecule has 0 unspecified atom stereocenters. The van der Waals surface area contributed by atoms with Crippen LogP contribution in [0.25, 0.3) is 10.9 Å². The van der Waals surface area contributed by atoms with Gasteiger partial charge in [0.25, 0.3) is 5.91 Å². The van der Waals surface area contributed by atoms with E-state index in [1.54, 1.807) is 36.7 Å². The fourth-order valence-corrected chi connectivity index (χ4v) is 2.66. The van der Waals surface area contributed by atoms with Crippen molar-refractivity contribution in [1.29, 1.82) is 0 Å². The first-order valence-electron chi connectivity index (χ1n) is 7.85. The van der Waals surface area contributed by atoms with Gasteiger partial charge in [-0.3, -0.25) is 14.4 Å². The number of aryl methyl sites for hydroxylation is 1. The number of nitrogens with zero attached hydrogens (tertiary/aromatic N) is 1. The van der Waals surface area contributed by atoms with Crippen LogP contribution in [0.2, 0.25) is 5.02 Å². The zero-order chi connectivity index (χ0) is 18.6. The number of carboxylic acids is 1. The van der Waals surface area contributed by atoms with Crippen LogP contribution in [0.5, 0.6) is 0 Å². The second-order valence-corrected chi connectivity index (χ2v) is 6.21. The van der Waals surface area contributed by atoms with Crippen molar-refractivity contribution in [3.05, 3.63) is 35.0 Å². The Kier molecular flexibility index (Phi) is 6.03. The van der Waals surface area contributed by atoms with Crippen molar-refractivity contribution in [2.75, 3.05) is 6.54 Å². The largest absolute Gasteiger partial charge is 0.481 e. The molecule has 7 nitrogen and oxygen atoms in total. The van der Waals surface area contributed by atoms with E-state index in [9.17, 15) is 14.4 Å². The van der Waals surface area contributed by atoms with Crippen LogP contribution < -0.4 is 10.6 Å². The number of rotatable bonds is 7. The van der Waals surface area contributed by atoms with E-state index in [2.05, 4.69) is 10.6 Å². The van der Waals surface area contributed by atoms with Gasteiger partial charge in [-0.1, -0.05) is 11.6 Å². The van der Waals surface area contributed by atoms with Crippen molar-refractivity contribution in [2.24, 2.45) is 7.05 Å². The third kappa shape index (κ3) is 4.73. The molecule has 1 aromatic carbocycles. The van der Waals surface area contributed by atoms with Crippen LogP contribution in [0, 0.1) is 0 Å². The van der Waals surface area contributed by atoms with Crippen molar-refractivity contribution >= 4 is 40.3 Å². The Bertz CT molecular complexity index is 816. The lowest BCUT2D eigenvalue weighted by Crippen LogP contribution is -2.45. The molecule has 8 heteroatoms. The van der Waals surface area contributed by atoms with Gasteiger partial charge in [-0.05, 0) is 37.6 Å². The van der Waals surface area contributed by atoms with Gasteiger partial charge in [0.2, 0.25) is 5.91 Å². The molecule has 0 radical (unpaired) electrons. The SMILES string of the molecule is C[C@H](NC(=O)c1cc2cc(Cl)ccc2n1C)C(=O)NCCCC(=O)O. The van der Waals surface area contributed by atoms with Crippen LogP contribution in [0.4, 0.5) is 0 Å². The molecule has 0 bridgehead atoms. The van der Waals surface area contributed by atoms with Gasteiger partial charge >= 0.3 is 5.97 Å². The van der Waals surface area contributed by atoms with Gasteiger partial charge in [-0.25, -0.2) is 0 Å². The summed E-state index contributed by atoms with van der Waals surface area (Å²) in [6.45, 7) is 1.82. The lowest BCUT2D eigenvalue weighted by molar-refractivity contribution is -0.137. The van der Waals surface area contributed by atoms with Crippen molar-refractivity contribution < 1.29 is 19.5 Å². The summed E-state index contributed by atoms with van der Waals surface area (Å²) in [5, 5.41) is 15.2. The lowest BCUT2D eigenvalue weighted by atomic mass is 10.2. The molecule has 2 amide bonds. The fraction of sp³-hybridized carbons (Fsp3) is 0.353. The predicted octanol–water partition coefficient (Wildman–Crippen LogP) is 1.93. The summed E-state index contributed by atoms with van der Waals surface area (Å²) in [5.41, 5.74) is 1.28. The zero-order valence-electron chi connectivity index (χ0n) is 14.0. The average molecular weight is 366 g/mol. The zero-order valence-corrected chi connectivity index (χ0v) is 14.8. The number of hydrogen-bond acceptors (Lipinski definition) is 3. The number of hydrogen-bond donors (Lipinski definition) is 3. The first-order valence-corrected chi connectivity index (χ1v) is 8.22. The van der Waals surface area contributed by atoms with Crippen LogP contribution in [-0.4, -0.2) is 40.0 Å². The molecular formula is C17H20ClN3O4. The molecule has 0 aliphatic carbocycles. The molecule has 1 aromatic heterocycles. The van der Waals surface area contributed by atoms with Crippen LogP contribution in [-0.2, 0) is 16.6 Å². The number of carbonyl (C=O) groups is 3. The van der Waals surface area contributed by atoms with Crippen molar-refractivity contribution in [3.8, 4) is 0 Å². The Hall–Kier alpha value is -2.54. The number of aromatic nitrogens is 1. The number of halogens is 1. The van der Waals surface area contributed by atoms with E-state index in [4.69, 9.17) is 16.7 Å². The Labute approximate surface area is 149 Å². The van der Waals surface area contributed by atoms with E-state index in [0.717, 1.165) is 10.9 Å². The highest BCUT2D eigenvalue weighted by Crippen LogP contribution is 2.22. The maximum absolute atomic E-state index is 12.4. The van der Waals surface area contributed by atoms with Crippen molar-refractivity contribution in [2.45, 2.75) is 25.8 Å². The molecule has 134 valence electrons. The molecule has 1 atom stereocenters.